The highest BCUT2D eigenvalue weighted by Gasteiger charge is 2.46. The van der Waals surface area contributed by atoms with Crippen LogP contribution in [-0.2, 0) is 14.3 Å². The van der Waals surface area contributed by atoms with Gasteiger partial charge in [-0.15, -0.1) is 0 Å². The van der Waals surface area contributed by atoms with Crippen molar-refractivity contribution in [2.24, 2.45) is 5.73 Å². The van der Waals surface area contributed by atoms with Crippen LogP contribution in [0.3, 0.4) is 0 Å². The molecule has 110 valence electrons. The average Bonchev–Trinajstić information content (AvgIpc) is 2.28. The molecule has 0 unspecified atom stereocenters. The number of primary amides is 1. The number of aliphatic hydroxyl groups is 3. The number of ether oxygens (including phenoxy) is 2. The second-order valence-electron chi connectivity index (χ2n) is 4.45. The first-order valence-electron chi connectivity index (χ1n) is 5.70. The minimum Gasteiger partial charge on any atom is -0.468 e. The molecule has 8 nitrogen and oxygen atoms in total. The molecule has 0 aliphatic carbocycles. The molecule has 9 heteroatoms. The van der Waals surface area contributed by atoms with Crippen LogP contribution >= 0.6 is 12.2 Å². The van der Waals surface area contributed by atoms with Gasteiger partial charge in [-0.2, -0.15) is 0 Å². The largest absolute Gasteiger partial charge is 0.468 e. The molecule has 0 spiro atoms. The Balaban J connectivity index is 2.72. The number of carbonyl (C=O) groups excluding carboxylic acids is 1. The van der Waals surface area contributed by atoms with E-state index in [1.807, 2.05) is 0 Å². The molecule has 0 aromatic heterocycles. The molecule has 1 saturated heterocycles. The minimum atomic E-state index is -1.61. The van der Waals surface area contributed by atoms with Gasteiger partial charge < -0.3 is 35.8 Å². The molecule has 1 rings (SSSR count). The van der Waals surface area contributed by atoms with Crippen molar-refractivity contribution in [3.8, 4) is 0 Å². The number of carbonyl (C=O) groups is 1. The van der Waals surface area contributed by atoms with Crippen LogP contribution in [0.5, 0.6) is 0 Å². The maximum atomic E-state index is 11.1. The Kier molecular flexibility index (Phi) is 5.44. The van der Waals surface area contributed by atoms with Crippen LogP contribution in [0.25, 0.3) is 0 Å². The van der Waals surface area contributed by atoms with Crippen molar-refractivity contribution < 1.29 is 29.6 Å². The monoisotopic (exact) mass is 294 g/mol. The molecular formula is C10H18N2O6S. The van der Waals surface area contributed by atoms with E-state index < -0.39 is 36.6 Å². The SMILES string of the molecule is CC(C)OC(=S)N[C@@H]1O[C@H](C(N)=O)[C@@H](O)[C@H](O)[C@H]1O. The van der Waals surface area contributed by atoms with Gasteiger partial charge in [0.05, 0.1) is 6.10 Å². The summed E-state index contributed by atoms with van der Waals surface area (Å²) in [5.74, 6) is -0.957. The van der Waals surface area contributed by atoms with Crippen LogP contribution < -0.4 is 11.1 Å². The predicted molar refractivity (Wildman–Crippen MR) is 67.8 cm³/mol. The van der Waals surface area contributed by atoms with E-state index in [4.69, 9.17) is 27.4 Å². The van der Waals surface area contributed by atoms with Gasteiger partial charge in [0, 0.05) is 0 Å². The Morgan fingerprint density at radius 1 is 1.32 bits per heavy atom. The van der Waals surface area contributed by atoms with E-state index in [9.17, 15) is 20.1 Å². The zero-order valence-corrected chi connectivity index (χ0v) is 11.3. The molecule has 0 bridgehead atoms. The number of nitrogens with one attached hydrogen (secondary N) is 1. The lowest BCUT2D eigenvalue weighted by Gasteiger charge is -2.39. The highest BCUT2D eigenvalue weighted by Crippen LogP contribution is 2.19. The van der Waals surface area contributed by atoms with Gasteiger partial charge in [0.25, 0.3) is 5.17 Å². The van der Waals surface area contributed by atoms with Crippen molar-refractivity contribution in [3.05, 3.63) is 0 Å². The number of thiocarbonyl (C=S) groups is 1. The fourth-order valence-electron chi connectivity index (χ4n) is 1.60. The Bertz CT molecular complexity index is 353. The Labute approximate surface area is 115 Å². The van der Waals surface area contributed by atoms with E-state index in [-0.39, 0.29) is 11.3 Å². The molecule has 19 heavy (non-hydrogen) atoms. The third-order valence-electron chi connectivity index (χ3n) is 2.50. The van der Waals surface area contributed by atoms with Gasteiger partial charge in [-0.25, -0.2) is 0 Å². The Morgan fingerprint density at radius 2 is 1.89 bits per heavy atom. The first kappa shape index (κ1) is 16.1. The fraction of sp³-hybridized carbons (Fsp3) is 0.800. The number of aliphatic hydroxyl groups excluding tert-OH is 3. The second kappa shape index (κ2) is 6.44. The summed E-state index contributed by atoms with van der Waals surface area (Å²) >= 11 is 4.85. The summed E-state index contributed by atoms with van der Waals surface area (Å²) in [5.41, 5.74) is 5.03. The first-order valence-corrected chi connectivity index (χ1v) is 6.11. The second-order valence-corrected chi connectivity index (χ2v) is 4.82. The van der Waals surface area contributed by atoms with Gasteiger partial charge in [0.15, 0.2) is 12.3 Å². The van der Waals surface area contributed by atoms with E-state index in [1.54, 1.807) is 13.8 Å². The van der Waals surface area contributed by atoms with Crippen LogP contribution in [0.4, 0.5) is 0 Å². The van der Waals surface area contributed by atoms with Crippen LogP contribution in [0.2, 0.25) is 0 Å². The third-order valence-corrected chi connectivity index (χ3v) is 2.71. The van der Waals surface area contributed by atoms with Crippen LogP contribution in [0, 0.1) is 0 Å². The van der Waals surface area contributed by atoms with Crippen molar-refractivity contribution in [1.82, 2.24) is 5.32 Å². The van der Waals surface area contributed by atoms with Gasteiger partial charge in [-0.05, 0) is 26.1 Å². The highest BCUT2D eigenvalue weighted by molar-refractivity contribution is 7.80. The highest BCUT2D eigenvalue weighted by atomic mass is 32.1. The number of rotatable bonds is 3. The lowest BCUT2D eigenvalue weighted by atomic mass is 9.98. The van der Waals surface area contributed by atoms with Gasteiger partial charge in [0.1, 0.15) is 18.3 Å². The standard InChI is InChI=1S/C10H18N2O6S/c1-3(2)17-10(19)12-9-6(15)4(13)5(14)7(18-9)8(11)16/h3-7,9,13-15H,1-2H3,(H2,11,16)(H,12,19)/t4-,5-,6+,7-,9+/m0/s1. The van der Waals surface area contributed by atoms with Crippen molar-refractivity contribution in [2.45, 2.75) is 50.6 Å². The molecule has 6 N–H and O–H groups in total. The summed E-state index contributed by atoms with van der Waals surface area (Å²) in [7, 11) is 0. The molecule has 1 aliphatic rings. The Hall–Kier alpha value is -1.00. The van der Waals surface area contributed by atoms with Crippen LogP contribution in [-0.4, -0.2) is 63.1 Å². The average molecular weight is 294 g/mol. The zero-order valence-electron chi connectivity index (χ0n) is 10.5. The summed E-state index contributed by atoms with van der Waals surface area (Å²) in [6.45, 7) is 3.49. The first-order chi connectivity index (χ1) is 8.73. The topological polar surface area (TPSA) is 134 Å². The van der Waals surface area contributed by atoms with Crippen molar-refractivity contribution in [2.75, 3.05) is 0 Å². The molecule has 0 saturated carbocycles. The van der Waals surface area contributed by atoms with Gasteiger partial charge >= 0.3 is 0 Å². The molecule has 1 fully saturated rings. The van der Waals surface area contributed by atoms with E-state index in [2.05, 4.69) is 5.32 Å². The molecule has 1 heterocycles. The van der Waals surface area contributed by atoms with Crippen molar-refractivity contribution in [3.63, 3.8) is 0 Å². The molecule has 1 aliphatic heterocycles. The summed E-state index contributed by atoms with van der Waals surface area (Å²) in [4.78, 5) is 11.1. The number of amides is 1. The third kappa shape index (κ3) is 3.98. The van der Waals surface area contributed by atoms with Crippen LogP contribution in [0.15, 0.2) is 0 Å². The van der Waals surface area contributed by atoms with E-state index >= 15 is 0 Å². The molecule has 0 aromatic rings. The molecule has 1 amide bonds. The fourth-order valence-corrected chi connectivity index (χ4v) is 1.91. The van der Waals surface area contributed by atoms with Gasteiger partial charge in [0.2, 0.25) is 5.91 Å². The summed E-state index contributed by atoms with van der Waals surface area (Å²) < 4.78 is 10.2. The van der Waals surface area contributed by atoms with E-state index in [0.29, 0.717) is 0 Å². The number of hydrogen-bond acceptors (Lipinski definition) is 7. The molecule has 0 radical (unpaired) electrons. The number of nitrogens with two attached hydrogens (primary N) is 1. The van der Waals surface area contributed by atoms with Crippen molar-refractivity contribution in [1.29, 1.82) is 0 Å². The van der Waals surface area contributed by atoms with E-state index in [0.717, 1.165) is 0 Å². The summed E-state index contributed by atoms with van der Waals surface area (Å²) in [6, 6.07) is 0. The van der Waals surface area contributed by atoms with Crippen LogP contribution in [0.1, 0.15) is 13.8 Å². The Morgan fingerprint density at radius 3 is 2.37 bits per heavy atom. The maximum absolute atomic E-state index is 11.1. The quantitative estimate of drug-likeness (QED) is 0.363. The van der Waals surface area contributed by atoms with Crippen molar-refractivity contribution >= 4 is 23.3 Å². The van der Waals surface area contributed by atoms with E-state index in [1.165, 1.54) is 0 Å². The smallest absolute Gasteiger partial charge is 0.258 e. The van der Waals surface area contributed by atoms with Gasteiger partial charge in [-0.1, -0.05) is 0 Å². The zero-order chi connectivity index (χ0) is 14.7. The molecule has 0 aromatic carbocycles. The minimum absolute atomic E-state index is 0.0640. The summed E-state index contributed by atoms with van der Waals surface area (Å²) in [6.07, 6.45) is -7.53. The molecular weight excluding hydrogens is 276 g/mol. The predicted octanol–water partition coefficient (Wildman–Crippen LogP) is -2.42. The lowest BCUT2D eigenvalue weighted by molar-refractivity contribution is -0.223. The lowest BCUT2D eigenvalue weighted by Crippen LogP contribution is -2.65. The maximum Gasteiger partial charge on any atom is 0.258 e. The summed E-state index contributed by atoms with van der Waals surface area (Å²) in [5, 5.41) is 31.3. The molecule has 5 atom stereocenters. The normalized spacial score (nSPS) is 34.9. The van der Waals surface area contributed by atoms with Gasteiger partial charge in [-0.3, -0.25) is 4.79 Å². The number of hydrogen-bond donors (Lipinski definition) is 5.